The molecule has 0 amide bonds. The van der Waals surface area contributed by atoms with Gasteiger partial charge in [0.25, 0.3) is 0 Å². The van der Waals surface area contributed by atoms with Crippen molar-refractivity contribution in [3.8, 4) is 0 Å². The second-order valence-corrected chi connectivity index (χ2v) is 5.98. The van der Waals surface area contributed by atoms with Crippen LogP contribution in [0, 0.1) is 0 Å². The smallest absolute Gasteiger partial charge is 0.0352 e. The van der Waals surface area contributed by atoms with Crippen LogP contribution in [0.25, 0.3) is 0 Å². The first-order chi connectivity index (χ1) is 7.22. The minimum absolute atomic E-state index is 0.768. The number of nitrogens with zero attached hydrogens (tertiary/aromatic N) is 2. The third-order valence-electron chi connectivity index (χ3n) is 3.83. The summed E-state index contributed by atoms with van der Waals surface area (Å²) < 4.78 is 0. The molecule has 1 N–H and O–H groups in total. The predicted molar refractivity (Wildman–Crippen MR) is 67.6 cm³/mol. The molecule has 0 bridgehead atoms. The molecule has 0 spiro atoms. The maximum Gasteiger partial charge on any atom is 0.0352 e. The highest BCUT2D eigenvalue weighted by Crippen LogP contribution is 2.24. The van der Waals surface area contributed by atoms with Gasteiger partial charge in [-0.3, -0.25) is 4.90 Å². The van der Waals surface area contributed by atoms with Crippen LogP contribution in [-0.4, -0.2) is 73.7 Å². The van der Waals surface area contributed by atoms with Crippen molar-refractivity contribution in [1.29, 1.82) is 0 Å². The molecule has 2 saturated heterocycles. The lowest BCUT2D eigenvalue weighted by molar-refractivity contribution is 0.229. The van der Waals surface area contributed by atoms with E-state index in [1.165, 1.54) is 32.6 Å². The van der Waals surface area contributed by atoms with Gasteiger partial charge in [-0.05, 0) is 26.8 Å². The average Bonchev–Trinajstić information content (AvgIpc) is 2.85. The van der Waals surface area contributed by atoms with Crippen LogP contribution < -0.4 is 5.32 Å². The maximum absolute atomic E-state index is 3.52. The molecular formula is C11H23N3S. The van der Waals surface area contributed by atoms with E-state index in [9.17, 15) is 0 Å². The molecule has 0 saturated carbocycles. The highest BCUT2D eigenvalue weighted by atomic mass is 32.2. The first-order valence-corrected chi connectivity index (χ1v) is 7.15. The minimum Gasteiger partial charge on any atom is -0.314 e. The number of likely N-dealkylation sites (tertiary alicyclic amines) is 1. The number of likely N-dealkylation sites (N-methyl/N-ethyl adjacent to an activating group) is 1. The summed E-state index contributed by atoms with van der Waals surface area (Å²) in [6.45, 7) is 4.92. The van der Waals surface area contributed by atoms with Gasteiger partial charge in [0.05, 0.1) is 0 Å². The summed E-state index contributed by atoms with van der Waals surface area (Å²) in [5.74, 6) is 0. The zero-order chi connectivity index (χ0) is 10.8. The van der Waals surface area contributed by atoms with Gasteiger partial charge < -0.3 is 10.2 Å². The fraction of sp³-hybridized carbons (Fsp3) is 1.00. The van der Waals surface area contributed by atoms with Crippen LogP contribution in [0.1, 0.15) is 6.42 Å². The number of hydrogen-bond donors (Lipinski definition) is 1. The van der Waals surface area contributed by atoms with Gasteiger partial charge in [-0.2, -0.15) is 11.8 Å². The largest absolute Gasteiger partial charge is 0.314 e. The van der Waals surface area contributed by atoms with Gasteiger partial charge >= 0.3 is 0 Å². The van der Waals surface area contributed by atoms with E-state index < -0.39 is 0 Å². The Bertz CT molecular complexity index is 210. The van der Waals surface area contributed by atoms with E-state index in [2.05, 4.69) is 35.5 Å². The quantitative estimate of drug-likeness (QED) is 0.751. The van der Waals surface area contributed by atoms with E-state index in [-0.39, 0.29) is 0 Å². The number of thioether (sulfide) groups is 1. The lowest BCUT2D eigenvalue weighted by Gasteiger charge is -2.28. The van der Waals surface area contributed by atoms with Gasteiger partial charge in [0.1, 0.15) is 0 Å². The fourth-order valence-corrected chi connectivity index (χ4v) is 3.60. The summed E-state index contributed by atoms with van der Waals surface area (Å²) in [5, 5.41) is 4.32. The van der Waals surface area contributed by atoms with Gasteiger partial charge in [-0.1, -0.05) is 0 Å². The predicted octanol–water partition coefficient (Wildman–Crippen LogP) is 0.326. The van der Waals surface area contributed by atoms with Gasteiger partial charge in [0.15, 0.2) is 0 Å². The Balaban J connectivity index is 1.89. The maximum atomic E-state index is 3.52. The molecule has 2 heterocycles. The molecule has 0 radical (unpaired) electrons. The molecule has 3 atom stereocenters. The van der Waals surface area contributed by atoms with Crippen molar-refractivity contribution in [1.82, 2.24) is 15.1 Å². The van der Waals surface area contributed by atoms with Crippen LogP contribution in [0.5, 0.6) is 0 Å². The Morgan fingerprint density at radius 1 is 1.33 bits per heavy atom. The highest BCUT2D eigenvalue weighted by Gasteiger charge is 2.35. The molecule has 3 nitrogen and oxygen atoms in total. The third kappa shape index (κ3) is 2.49. The molecule has 0 aliphatic carbocycles. The number of nitrogens with one attached hydrogen (secondary N) is 1. The zero-order valence-electron chi connectivity index (χ0n) is 10.1. The second kappa shape index (κ2) is 5.04. The van der Waals surface area contributed by atoms with Gasteiger partial charge in [-0.25, -0.2) is 0 Å². The Labute approximate surface area is 97.6 Å². The molecule has 0 aromatic heterocycles. The van der Waals surface area contributed by atoms with Crippen molar-refractivity contribution in [3.05, 3.63) is 0 Å². The first kappa shape index (κ1) is 11.7. The van der Waals surface area contributed by atoms with E-state index >= 15 is 0 Å². The molecule has 3 unspecified atom stereocenters. The standard InChI is InChI=1S/C11H23N3S/c1-13(2)9-4-5-14(8-9)10-6-12-7-11(10)15-3/h9-12H,4-8H2,1-3H3. The van der Waals surface area contributed by atoms with E-state index in [0.717, 1.165) is 17.3 Å². The Morgan fingerprint density at radius 3 is 2.73 bits per heavy atom. The summed E-state index contributed by atoms with van der Waals surface area (Å²) in [6, 6.07) is 1.54. The van der Waals surface area contributed by atoms with Gasteiger partial charge in [-0.15, -0.1) is 0 Å². The summed E-state index contributed by atoms with van der Waals surface area (Å²) in [7, 11) is 4.40. The van der Waals surface area contributed by atoms with Crippen LogP contribution in [0.4, 0.5) is 0 Å². The highest BCUT2D eigenvalue weighted by molar-refractivity contribution is 7.99. The third-order valence-corrected chi connectivity index (χ3v) is 4.91. The zero-order valence-corrected chi connectivity index (χ0v) is 10.9. The van der Waals surface area contributed by atoms with Gasteiger partial charge in [0, 0.05) is 43.5 Å². The second-order valence-electron chi connectivity index (χ2n) is 4.90. The Morgan fingerprint density at radius 2 is 2.13 bits per heavy atom. The summed E-state index contributed by atoms with van der Waals surface area (Å²) >= 11 is 2.02. The Hall–Kier alpha value is 0.230. The SMILES string of the molecule is CSC1CNCC1N1CCC(N(C)C)C1. The van der Waals surface area contributed by atoms with E-state index in [1.54, 1.807) is 0 Å². The Kier molecular flexibility index (Phi) is 3.93. The van der Waals surface area contributed by atoms with Crippen LogP contribution in [0.2, 0.25) is 0 Å². The number of hydrogen-bond acceptors (Lipinski definition) is 4. The lowest BCUT2D eigenvalue weighted by atomic mass is 10.2. The number of rotatable bonds is 3. The van der Waals surface area contributed by atoms with Crippen molar-refractivity contribution >= 4 is 11.8 Å². The molecule has 2 rings (SSSR count). The molecule has 4 heteroatoms. The summed E-state index contributed by atoms with van der Waals surface area (Å²) in [5.41, 5.74) is 0. The van der Waals surface area contributed by atoms with Crippen molar-refractivity contribution in [2.45, 2.75) is 23.8 Å². The minimum atomic E-state index is 0.768. The van der Waals surface area contributed by atoms with Crippen LogP contribution in [0.15, 0.2) is 0 Å². The lowest BCUT2D eigenvalue weighted by Crippen LogP contribution is -2.42. The molecule has 15 heavy (non-hydrogen) atoms. The average molecular weight is 229 g/mol. The molecule has 2 aliphatic rings. The topological polar surface area (TPSA) is 18.5 Å². The summed E-state index contributed by atoms with van der Waals surface area (Å²) in [4.78, 5) is 5.06. The van der Waals surface area contributed by atoms with Crippen molar-refractivity contribution in [2.75, 3.05) is 46.5 Å². The first-order valence-electron chi connectivity index (χ1n) is 5.86. The van der Waals surface area contributed by atoms with E-state index in [4.69, 9.17) is 0 Å². The van der Waals surface area contributed by atoms with Crippen LogP contribution in [-0.2, 0) is 0 Å². The molecule has 0 aromatic carbocycles. The van der Waals surface area contributed by atoms with Crippen LogP contribution in [0.3, 0.4) is 0 Å². The van der Waals surface area contributed by atoms with Crippen molar-refractivity contribution in [2.24, 2.45) is 0 Å². The molecular weight excluding hydrogens is 206 g/mol. The molecule has 2 fully saturated rings. The normalized spacial score (nSPS) is 38.0. The van der Waals surface area contributed by atoms with Crippen molar-refractivity contribution < 1.29 is 0 Å². The molecule has 0 aromatic rings. The fourth-order valence-electron chi connectivity index (χ4n) is 2.74. The summed E-state index contributed by atoms with van der Waals surface area (Å²) in [6.07, 6.45) is 3.58. The molecule has 88 valence electrons. The van der Waals surface area contributed by atoms with Crippen LogP contribution >= 0.6 is 11.8 Å². The van der Waals surface area contributed by atoms with E-state index in [0.29, 0.717) is 0 Å². The monoisotopic (exact) mass is 229 g/mol. The van der Waals surface area contributed by atoms with Crippen molar-refractivity contribution in [3.63, 3.8) is 0 Å². The molecule has 2 aliphatic heterocycles. The van der Waals surface area contributed by atoms with Gasteiger partial charge in [0.2, 0.25) is 0 Å². The van der Waals surface area contributed by atoms with E-state index in [1.807, 2.05) is 11.8 Å².